The quantitative estimate of drug-likeness (QED) is 0.466. The zero-order valence-electron chi connectivity index (χ0n) is 19.1. The molecule has 3 aromatic rings. The molecule has 0 amide bonds. The molecule has 34 heavy (non-hydrogen) atoms. The molecule has 0 radical (unpaired) electrons. The van der Waals surface area contributed by atoms with Gasteiger partial charge in [0.05, 0.1) is 5.92 Å². The summed E-state index contributed by atoms with van der Waals surface area (Å²) in [6, 6.07) is 6.94. The van der Waals surface area contributed by atoms with E-state index in [2.05, 4.69) is 25.3 Å². The van der Waals surface area contributed by atoms with Gasteiger partial charge in [0.25, 0.3) is 6.43 Å². The third-order valence-electron chi connectivity index (χ3n) is 6.34. The zero-order valence-corrected chi connectivity index (χ0v) is 19.1. The first kappa shape index (κ1) is 23.7. The van der Waals surface area contributed by atoms with Gasteiger partial charge in [0.1, 0.15) is 11.5 Å². The SMILES string of the molecule is Cc1cc(Nc2nccc(C(F)F)n2)cc(-c2cnc(CC3CCC(C(=O)O)C(C)C3)nc2)c1. The van der Waals surface area contributed by atoms with E-state index in [-0.39, 0.29) is 23.5 Å². The van der Waals surface area contributed by atoms with Crippen molar-refractivity contribution >= 4 is 17.6 Å². The summed E-state index contributed by atoms with van der Waals surface area (Å²) < 4.78 is 25.9. The summed E-state index contributed by atoms with van der Waals surface area (Å²) in [4.78, 5) is 28.3. The Bertz CT molecular complexity index is 1160. The Morgan fingerprint density at radius 1 is 1.15 bits per heavy atom. The maximum absolute atomic E-state index is 12.9. The second-order valence-electron chi connectivity index (χ2n) is 9.01. The van der Waals surface area contributed by atoms with Crippen molar-refractivity contribution < 1.29 is 18.7 Å². The molecule has 1 saturated carbocycles. The van der Waals surface area contributed by atoms with Crippen LogP contribution in [0.4, 0.5) is 20.4 Å². The lowest BCUT2D eigenvalue weighted by molar-refractivity contribution is -0.145. The molecule has 0 saturated heterocycles. The van der Waals surface area contributed by atoms with Crippen LogP contribution in [-0.4, -0.2) is 31.0 Å². The molecular weight excluding hydrogens is 440 g/mol. The molecule has 0 bridgehead atoms. The maximum Gasteiger partial charge on any atom is 0.306 e. The Kier molecular flexibility index (Phi) is 7.09. The fourth-order valence-electron chi connectivity index (χ4n) is 4.63. The van der Waals surface area contributed by atoms with Crippen LogP contribution < -0.4 is 5.32 Å². The lowest BCUT2D eigenvalue weighted by Crippen LogP contribution is -2.29. The molecule has 1 fully saturated rings. The average molecular weight is 468 g/mol. The van der Waals surface area contributed by atoms with Crippen LogP contribution in [0.2, 0.25) is 0 Å². The summed E-state index contributed by atoms with van der Waals surface area (Å²) in [6.45, 7) is 3.95. The number of nitrogens with zero attached hydrogens (tertiary/aromatic N) is 4. The summed E-state index contributed by atoms with van der Waals surface area (Å²) >= 11 is 0. The molecule has 3 unspecified atom stereocenters. The van der Waals surface area contributed by atoms with E-state index in [1.54, 1.807) is 12.4 Å². The lowest BCUT2D eigenvalue weighted by Gasteiger charge is -2.31. The molecule has 1 aliphatic rings. The molecule has 0 aliphatic heterocycles. The van der Waals surface area contributed by atoms with Crippen molar-refractivity contribution in [1.29, 1.82) is 0 Å². The largest absolute Gasteiger partial charge is 0.481 e. The summed E-state index contributed by atoms with van der Waals surface area (Å²) in [5.74, 6) is 0.429. The van der Waals surface area contributed by atoms with Gasteiger partial charge in [-0.2, -0.15) is 0 Å². The number of carbonyl (C=O) groups is 1. The number of hydrogen-bond donors (Lipinski definition) is 2. The minimum absolute atomic E-state index is 0.104. The third kappa shape index (κ3) is 5.70. The van der Waals surface area contributed by atoms with Crippen molar-refractivity contribution in [3.8, 4) is 11.1 Å². The standard InChI is InChI=1S/C25H27F2N5O2/c1-14-7-17(11-19(8-14)31-25-28-6-5-21(32-25)23(26)27)18-12-29-22(30-13-18)10-16-3-4-20(24(33)34)15(2)9-16/h5-8,11-13,15-16,20,23H,3-4,9-10H2,1-2H3,(H,33,34)(H,28,31,32). The molecule has 2 heterocycles. The van der Waals surface area contributed by atoms with Crippen LogP contribution in [0.5, 0.6) is 0 Å². The predicted octanol–water partition coefficient (Wildman–Crippen LogP) is 5.60. The highest BCUT2D eigenvalue weighted by Crippen LogP contribution is 2.35. The van der Waals surface area contributed by atoms with Gasteiger partial charge < -0.3 is 10.4 Å². The number of carboxylic acid groups (broad SMARTS) is 1. The molecule has 2 aromatic heterocycles. The van der Waals surface area contributed by atoms with Crippen LogP contribution in [0, 0.1) is 24.7 Å². The van der Waals surface area contributed by atoms with Crippen molar-refractivity contribution in [1.82, 2.24) is 19.9 Å². The van der Waals surface area contributed by atoms with Crippen LogP contribution in [0.15, 0.2) is 42.9 Å². The van der Waals surface area contributed by atoms with E-state index in [0.717, 1.165) is 41.8 Å². The summed E-state index contributed by atoms with van der Waals surface area (Å²) in [5, 5.41) is 12.3. The molecule has 2 N–H and O–H groups in total. The molecule has 178 valence electrons. The van der Waals surface area contributed by atoms with Crippen molar-refractivity contribution in [3.05, 3.63) is 59.9 Å². The van der Waals surface area contributed by atoms with E-state index in [1.807, 2.05) is 32.0 Å². The number of benzene rings is 1. The van der Waals surface area contributed by atoms with Gasteiger partial charge >= 0.3 is 5.97 Å². The number of carboxylic acids is 1. The first-order valence-corrected chi connectivity index (χ1v) is 11.3. The van der Waals surface area contributed by atoms with Crippen LogP contribution in [-0.2, 0) is 11.2 Å². The number of alkyl halides is 2. The predicted molar refractivity (Wildman–Crippen MR) is 124 cm³/mol. The number of halogens is 2. The highest BCUT2D eigenvalue weighted by molar-refractivity contribution is 5.70. The van der Waals surface area contributed by atoms with E-state index in [1.165, 1.54) is 12.3 Å². The molecule has 9 heteroatoms. The highest BCUT2D eigenvalue weighted by atomic mass is 19.3. The van der Waals surface area contributed by atoms with E-state index < -0.39 is 12.4 Å². The number of aromatic nitrogens is 4. The summed E-state index contributed by atoms with van der Waals surface area (Å²) in [5.41, 5.74) is 3.03. The van der Waals surface area contributed by atoms with Crippen LogP contribution in [0.25, 0.3) is 11.1 Å². The Morgan fingerprint density at radius 3 is 2.59 bits per heavy atom. The van der Waals surface area contributed by atoms with Crippen molar-refractivity contribution in [2.75, 3.05) is 5.32 Å². The fourth-order valence-corrected chi connectivity index (χ4v) is 4.63. The smallest absolute Gasteiger partial charge is 0.306 e. The van der Waals surface area contributed by atoms with Gasteiger partial charge in [0.15, 0.2) is 0 Å². The maximum atomic E-state index is 12.9. The number of anilines is 2. The van der Waals surface area contributed by atoms with Gasteiger partial charge in [0.2, 0.25) is 5.95 Å². The Balaban J connectivity index is 1.45. The van der Waals surface area contributed by atoms with Crippen molar-refractivity contribution in [3.63, 3.8) is 0 Å². The monoisotopic (exact) mass is 467 g/mol. The molecule has 7 nitrogen and oxygen atoms in total. The van der Waals surface area contributed by atoms with Gasteiger partial charge in [-0.05, 0) is 67.3 Å². The van der Waals surface area contributed by atoms with E-state index >= 15 is 0 Å². The Morgan fingerprint density at radius 2 is 1.91 bits per heavy atom. The van der Waals surface area contributed by atoms with Crippen molar-refractivity contribution in [2.45, 2.75) is 46.0 Å². The van der Waals surface area contributed by atoms with Crippen LogP contribution in [0.1, 0.15) is 49.7 Å². The molecule has 1 aliphatic carbocycles. The number of hydrogen-bond acceptors (Lipinski definition) is 6. The summed E-state index contributed by atoms with van der Waals surface area (Å²) in [6.07, 6.45) is 5.36. The number of aryl methyl sites for hydroxylation is 1. The first-order chi connectivity index (χ1) is 16.3. The minimum Gasteiger partial charge on any atom is -0.481 e. The van der Waals surface area contributed by atoms with Gasteiger partial charge in [-0.15, -0.1) is 0 Å². The highest BCUT2D eigenvalue weighted by Gasteiger charge is 2.32. The normalized spacial score (nSPS) is 20.3. The minimum atomic E-state index is -2.66. The number of aliphatic carboxylic acids is 1. The topological polar surface area (TPSA) is 101 Å². The van der Waals surface area contributed by atoms with Gasteiger partial charge in [-0.25, -0.2) is 28.7 Å². The molecule has 0 spiro atoms. The van der Waals surface area contributed by atoms with E-state index in [0.29, 0.717) is 18.0 Å². The molecule has 4 rings (SSSR count). The Labute approximate surface area is 196 Å². The first-order valence-electron chi connectivity index (χ1n) is 11.3. The van der Waals surface area contributed by atoms with Crippen LogP contribution >= 0.6 is 0 Å². The molecular formula is C25H27F2N5O2. The Hall–Kier alpha value is -3.49. The van der Waals surface area contributed by atoms with E-state index in [9.17, 15) is 18.7 Å². The second kappa shape index (κ2) is 10.2. The fraction of sp³-hybridized carbons (Fsp3) is 0.400. The van der Waals surface area contributed by atoms with E-state index in [4.69, 9.17) is 0 Å². The zero-order chi connectivity index (χ0) is 24.2. The molecule has 3 atom stereocenters. The third-order valence-corrected chi connectivity index (χ3v) is 6.34. The van der Waals surface area contributed by atoms with Crippen LogP contribution in [0.3, 0.4) is 0 Å². The number of nitrogens with one attached hydrogen (secondary N) is 1. The van der Waals surface area contributed by atoms with Gasteiger partial charge in [0, 0.05) is 36.3 Å². The number of rotatable bonds is 7. The second-order valence-corrected chi connectivity index (χ2v) is 9.01. The molecule has 1 aromatic carbocycles. The lowest BCUT2D eigenvalue weighted by atomic mass is 9.74. The van der Waals surface area contributed by atoms with Gasteiger partial charge in [-0.1, -0.05) is 13.0 Å². The average Bonchev–Trinajstić information content (AvgIpc) is 2.79. The van der Waals surface area contributed by atoms with Gasteiger partial charge in [-0.3, -0.25) is 4.79 Å². The summed E-state index contributed by atoms with van der Waals surface area (Å²) in [7, 11) is 0. The van der Waals surface area contributed by atoms with Crippen molar-refractivity contribution in [2.24, 2.45) is 17.8 Å².